The number of hydrogen-bond acceptors (Lipinski definition) is 2. The Labute approximate surface area is 100.0 Å². The molecule has 2 atom stereocenters. The van der Waals surface area contributed by atoms with Crippen LogP contribution in [0.3, 0.4) is 0 Å². The van der Waals surface area contributed by atoms with E-state index in [2.05, 4.69) is 22.6 Å². The van der Waals surface area contributed by atoms with Gasteiger partial charge in [0.25, 0.3) is 0 Å². The maximum Gasteiger partial charge on any atom is 0.0242 e. The van der Waals surface area contributed by atoms with E-state index in [4.69, 9.17) is 6.42 Å². The SMILES string of the molecule is C#CCC(CC)N1CCCN2CCCC2C1. The lowest BCUT2D eigenvalue weighted by atomic mass is 10.1. The summed E-state index contributed by atoms with van der Waals surface area (Å²) in [6.45, 7) is 7.38. The van der Waals surface area contributed by atoms with E-state index in [1.165, 1.54) is 51.9 Å². The van der Waals surface area contributed by atoms with Gasteiger partial charge in [0.15, 0.2) is 0 Å². The minimum absolute atomic E-state index is 0.616. The third kappa shape index (κ3) is 2.59. The molecule has 0 amide bonds. The summed E-state index contributed by atoms with van der Waals surface area (Å²) in [6.07, 6.45) is 11.7. The number of hydrogen-bond donors (Lipinski definition) is 0. The summed E-state index contributed by atoms with van der Waals surface area (Å²) >= 11 is 0. The van der Waals surface area contributed by atoms with E-state index in [1.807, 2.05) is 0 Å². The standard InChI is InChI=1S/C14H24N2/c1-3-7-13(4-2)16-11-6-10-15-9-5-8-14(15)12-16/h1,13-14H,4-12H2,2H3. The highest BCUT2D eigenvalue weighted by atomic mass is 15.3. The first kappa shape index (κ1) is 12.0. The van der Waals surface area contributed by atoms with Crippen molar-refractivity contribution >= 4 is 0 Å². The summed E-state index contributed by atoms with van der Waals surface area (Å²) in [5.41, 5.74) is 0. The lowest BCUT2D eigenvalue weighted by Gasteiger charge is -2.31. The second-order valence-electron chi connectivity index (χ2n) is 5.15. The molecule has 0 saturated carbocycles. The van der Waals surface area contributed by atoms with Crippen molar-refractivity contribution in [2.45, 2.75) is 51.1 Å². The van der Waals surface area contributed by atoms with E-state index in [-0.39, 0.29) is 0 Å². The van der Waals surface area contributed by atoms with Crippen LogP contribution in [0.2, 0.25) is 0 Å². The van der Waals surface area contributed by atoms with Gasteiger partial charge in [0.2, 0.25) is 0 Å². The highest BCUT2D eigenvalue weighted by molar-refractivity contribution is 4.93. The van der Waals surface area contributed by atoms with Gasteiger partial charge in [-0.15, -0.1) is 12.3 Å². The molecule has 2 heterocycles. The first-order chi connectivity index (χ1) is 7.85. The fraction of sp³-hybridized carbons (Fsp3) is 0.857. The summed E-state index contributed by atoms with van der Waals surface area (Å²) in [5, 5.41) is 0. The second kappa shape index (κ2) is 5.70. The molecule has 0 aliphatic carbocycles. The molecule has 2 aliphatic rings. The van der Waals surface area contributed by atoms with Gasteiger partial charge in [-0.3, -0.25) is 9.80 Å². The van der Waals surface area contributed by atoms with Gasteiger partial charge >= 0.3 is 0 Å². The van der Waals surface area contributed by atoms with Crippen LogP contribution in [-0.4, -0.2) is 48.1 Å². The minimum Gasteiger partial charge on any atom is -0.299 e. The Balaban J connectivity index is 1.96. The van der Waals surface area contributed by atoms with Crippen molar-refractivity contribution in [3.63, 3.8) is 0 Å². The summed E-state index contributed by atoms with van der Waals surface area (Å²) in [4.78, 5) is 5.33. The quantitative estimate of drug-likeness (QED) is 0.671. The van der Waals surface area contributed by atoms with Crippen LogP contribution < -0.4 is 0 Å². The average Bonchev–Trinajstić information content (AvgIpc) is 2.64. The fourth-order valence-corrected chi connectivity index (χ4v) is 3.23. The van der Waals surface area contributed by atoms with Crippen molar-refractivity contribution in [2.24, 2.45) is 0 Å². The zero-order valence-electron chi connectivity index (χ0n) is 10.5. The summed E-state index contributed by atoms with van der Waals surface area (Å²) < 4.78 is 0. The van der Waals surface area contributed by atoms with E-state index in [0.717, 1.165) is 12.5 Å². The first-order valence-electron chi connectivity index (χ1n) is 6.76. The molecule has 90 valence electrons. The highest BCUT2D eigenvalue weighted by Gasteiger charge is 2.30. The Morgan fingerprint density at radius 2 is 2.12 bits per heavy atom. The molecule has 2 saturated heterocycles. The number of fused-ring (bicyclic) bond motifs is 1. The van der Waals surface area contributed by atoms with E-state index in [1.54, 1.807) is 0 Å². The smallest absolute Gasteiger partial charge is 0.0242 e. The fourth-order valence-electron chi connectivity index (χ4n) is 3.23. The van der Waals surface area contributed by atoms with Crippen LogP contribution in [0.5, 0.6) is 0 Å². The molecule has 2 aliphatic heterocycles. The third-order valence-electron chi connectivity index (χ3n) is 4.18. The molecule has 2 rings (SSSR count). The first-order valence-corrected chi connectivity index (χ1v) is 6.76. The van der Waals surface area contributed by atoms with Gasteiger partial charge in [0.05, 0.1) is 0 Å². The predicted octanol–water partition coefficient (Wildman–Crippen LogP) is 1.96. The molecule has 2 fully saturated rings. The summed E-state index contributed by atoms with van der Waals surface area (Å²) in [6, 6.07) is 1.43. The van der Waals surface area contributed by atoms with Crippen LogP contribution in [-0.2, 0) is 0 Å². The van der Waals surface area contributed by atoms with Gasteiger partial charge in [0, 0.05) is 25.0 Å². The minimum atomic E-state index is 0.616. The van der Waals surface area contributed by atoms with Crippen molar-refractivity contribution in [3.8, 4) is 12.3 Å². The summed E-state index contributed by atoms with van der Waals surface area (Å²) in [7, 11) is 0. The van der Waals surface area contributed by atoms with Gasteiger partial charge in [-0.25, -0.2) is 0 Å². The Hall–Kier alpha value is -0.520. The monoisotopic (exact) mass is 220 g/mol. The van der Waals surface area contributed by atoms with Crippen molar-refractivity contribution < 1.29 is 0 Å². The van der Waals surface area contributed by atoms with E-state index in [0.29, 0.717) is 6.04 Å². The highest BCUT2D eigenvalue weighted by Crippen LogP contribution is 2.23. The van der Waals surface area contributed by atoms with Crippen molar-refractivity contribution in [1.82, 2.24) is 9.80 Å². The Kier molecular flexibility index (Phi) is 4.26. The largest absolute Gasteiger partial charge is 0.299 e. The normalized spacial score (nSPS) is 29.4. The maximum absolute atomic E-state index is 5.47. The molecule has 16 heavy (non-hydrogen) atoms. The second-order valence-corrected chi connectivity index (χ2v) is 5.15. The van der Waals surface area contributed by atoms with Crippen LogP contribution in [0.4, 0.5) is 0 Å². The molecule has 2 heteroatoms. The van der Waals surface area contributed by atoms with Crippen LogP contribution in [0.15, 0.2) is 0 Å². The van der Waals surface area contributed by atoms with Gasteiger partial charge in [0.1, 0.15) is 0 Å². The summed E-state index contributed by atoms with van der Waals surface area (Å²) in [5.74, 6) is 2.84. The molecule has 0 aromatic rings. The number of rotatable bonds is 3. The average molecular weight is 220 g/mol. The molecule has 0 radical (unpaired) electrons. The van der Waals surface area contributed by atoms with E-state index in [9.17, 15) is 0 Å². The molecule has 0 N–H and O–H groups in total. The van der Waals surface area contributed by atoms with Crippen molar-refractivity contribution in [3.05, 3.63) is 0 Å². The number of nitrogens with zero attached hydrogens (tertiary/aromatic N) is 2. The van der Waals surface area contributed by atoms with Crippen LogP contribution in [0, 0.1) is 12.3 Å². The third-order valence-corrected chi connectivity index (χ3v) is 4.18. The molecule has 2 unspecified atom stereocenters. The van der Waals surface area contributed by atoms with Crippen molar-refractivity contribution in [1.29, 1.82) is 0 Å². The molecular weight excluding hydrogens is 196 g/mol. The van der Waals surface area contributed by atoms with Gasteiger partial charge in [-0.05, 0) is 45.3 Å². The zero-order valence-corrected chi connectivity index (χ0v) is 10.5. The van der Waals surface area contributed by atoms with Gasteiger partial charge in [-0.2, -0.15) is 0 Å². The maximum atomic E-state index is 5.47. The van der Waals surface area contributed by atoms with Crippen LogP contribution in [0.1, 0.15) is 39.0 Å². The van der Waals surface area contributed by atoms with E-state index < -0.39 is 0 Å². The molecule has 0 aromatic heterocycles. The molecular formula is C14H24N2. The topological polar surface area (TPSA) is 6.48 Å². The molecule has 0 aromatic carbocycles. The lowest BCUT2D eigenvalue weighted by Crippen LogP contribution is -2.41. The van der Waals surface area contributed by atoms with Gasteiger partial charge < -0.3 is 0 Å². The van der Waals surface area contributed by atoms with Gasteiger partial charge in [-0.1, -0.05) is 6.92 Å². The van der Waals surface area contributed by atoms with Crippen LogP contribution >= 0.6 is 0 Å². The Bertz CT molecular complexity index is 256. The van der Waals surface area contributed by atoms with Crippen LogP contribution in [0.25, 0.3) is 0 Å². The zero-order chi connectivity index (χ0) is 11.4. The Morgan fingerprint density at radius 1 is 1.31 bits per heavy atom. The molecule has 0 spiro atoms. The Morgan fingerprint density at radius 3 is 2.88 bits per heavy atom. The lowest BCUT2D eigenvalue weighted by molar-refractivity contribution is 0.170. The van der Waals surface area contributed by atoms with Crippen molar-refractivity contribution in [2.75, 3.05) is 26.2 Å². The predicted molar refractivity (Wildman–Crippen MR) is 68.3 cm³/mol. The van der Waals surface area contributed by atoms with E-state index >= 15 is 0 Å². The molecule has 2 nitrogen and oxygen atoms in total. The number of terminal acetylenes is 1. The molecule has 0 bridgehead atoms.